The maximum absolute atomic E-state index is 12.2. The molecule has 2 aromatic carbocycles. The maximum Gasteiger partial charge on any atom is 0.323 e. The molecule has 0 aliphatic carbocycles. The van der Waals surface area contributed by atoms with Crippen molar-refractivity contribution in [1.82, 2.24) is 5.32 Å². The van der Waals surface area contributed by atoms with Crippen LogP contribution in [0.4, 0.5) is 11.4 Å². The highest BCUT2D eigenvalue weighted by Crippen LogP contribution is 2.12. The van der Waals surface area contributed by atoms with Gasteiger partial charge >= 0.3 is 5.97 Å². The van der Waals surface area contributed by atoms with Crippen LogP contribution in [0.5, 0.6) is 0 Å². The Morgan fingerprint density at radius 1 is 0.923 bits per heavy atom. The molecule has 0 aliphatic rings. The zero-order valence-electron chi connectivity index (χ0n) is 15.0. The number of hydrogen-bond donors (Lipinski definition) is 2. The summed E-state index contributed by atoms with van der Waals surface area (Å²) in [5.74, 6) is -1.15. The van der Waals surface area contributed by atoms with Gasteiger partial charge in [0.15, 0.2) is 0 Å². The van der Waals surface area contributed by atoms with E-state index in [1.807, 2.05) is 55.6 Å². The smallest absolute Gasteiger partial charge is 0.323 e. The summed E-state index contributed by atoms with van der Waals surface area (Å²) in [7, 11) is 2.02. The summed E-state index contributed by atoms with van der Waals surface area (Å²) in [5, 5.41) is 11.9. The van der Waals surface area contributed by atoms with E-state index in [-0.39, 0.29) is 19.0 Å². The molecule has 1 amide bonds. The molecule has 0 aliphatic heterocycles. The van der Waals surface area contributed by atoms with Crippen molar-refractivity contribution in [2.45, 2.75) is 6.42 Å². The van der Waals surface area contributed by atoms with Gasteiger partial charge in [0.25, 0.3) is 0 Å². The summed E-state index contributed by atoms with van der Waals surface area (Å²) in [6.07, 6.45) is 0.807. The van der Waals surface area contributed by atoms with E-state index in [0.717, 1.165) is 18.7 Å². The molecule has 2 N–H and O–H groups in total. The van der Waals surface area contributed by atoms with Crippen LogP contribution in [-0.4, -0.2) is 50.2 Å². The van der Waals surface area contributed by atoms with Crippen LogP contribution in [0, 0.1) is 0 Å². The van der Waals surface area contributed by atoms with Crippen molar-refractivity contribution in [3.05, 3.63) is 60.7 Å². The average Bonchev–Trinajstić information content (AvgIpc) is 2.65. The Bertz CT molecular complexity index is 692. The lowest BCUT2D eigenvalue weighted by atomic mass is 10.2. The number of aliphatic carboxylic acids is 1. The summed E-state index contributed by atoms with van der Waals surface area (Å²) in [6.45, 7) is 1.17. The molecule has 0 atom stereocenters. The van der Waals surface area contributed by atoms with E-state index in [0.29, 0.717) is 12.2 Å². The van der Waals surface area contributed by atoms with E-state index in [1.165, 1.54) is 0 Å². The number of carboxylic acid groups (broad SMARTS) is 1. The lowest BCUT2D eigenvalue weighted by Crippen LogP contribution is -2.40. The third kappa shape index (κ3) is 6.47. The first-order valence-electron chi connectivity index (χ1n) is 8.61. The molecule has 0 heterocycles. The number of amides is 1. The number of nitrogens with one attached hydrogen (secondary N) is 1. The Hall–Kier alpha value is -3.02. The first kappa shape index (κ1) is 19.3. The Kier molecular flexibility index (Phi) is 7.49. The first-order chi connectivity index (χ1) is 12.6. The largest absolute Gasteiger partial charge is 0.480 e. The Balaban J connectivity index is 1.76. The van der Waals surface area contributed by atoms with Gasteiger partial charge in [-0.25, -0.2) is 0 Å². The minimum Gasteiger partial charge on any atom is -0.480 e. The molecule has 6 heteroatoms. The second-order valence-corrected chi connectivity index (χ2v) is 6.05. The highest BCUT2D eigenvalue weighted by molar-refractivity contribution is 5.84. The molecule has 0 saturated carbocycles. The molecular weight excluding hydrogens is 330 g/mol. The Morgan fingerprint density at radius 3 is 2.08 bits per heavy atom. The van der Waals surface area contributed by atoms with Crippen molar-refractivity contribution >= 4 is 23.3 Å². The normalized spacial score (nSPS) is 10.2. The number of nitrogens with zero attached hydrogens (tertiary/aromatic N) is 2. The molecule has 0 radical (unpaired) electrons. The van der Waals surface area contributed by atoms with Crippen molar-refractivity contribution in [3.8, 4) is 0 Å². The van der Waals surface area contributed by atoms with E-state index in [4.69, 9.17) is 5.11 Å². The summed E-state index contributed by atoms with van der Waals surface area (Å²) < 4.78 is 0. The molecular formula is C20H25N3O3. The van der Waals surface area contributed by atoms with Gasteiger partial charge in [-0.15, -0.1) is 0 Å². The molecule has 0 saturated heterocycles. The standard InChI is InChI=1S/C20H25N3O3/c1-22(17-9-4-2-5-10-17)14-8-13-21-19(24)15-23(16-20(25)26)18-11-6-3-7-12-18/h2-7,9-12H,8,13-16H2,1H3,(H,21,24)(H,25,26). The lowest BCUT2D eigenvalue weighted by molar-refractivity contribution is -0.135. The van der Waals surface area contributed by atoms with Crippen molar-refractivity contribution in [3.63, 3.8) is 0 Å². The molecule has 0 bridgehead atoms. The lowest BCUT2D eigenvalue weighted by Gasteiger charge is -2.22. The quantitative estimate of drug-likeness (QED) is 0.640. The third-order valence-corrected chi connectivity index (χ3v) is 3.97. The summed E-state index contributed by atoms with van der Waals surface area (Å²) >= 11 is 0. The predicted molar refractivity (Wildman–Crippen MR) is 104 cm³/mol. The number of rotatable bonds is 10. The monoisotopic (exact) mass is 355 g/mol. The zero-order chi connectivity index (χ0) is 18.8. The van der Waals surface area contributed by atoms with Gasteiger partial charge in [-0.3, -0.25) is 9.59 Å². The van der Waals surface area contributed by atoms with Gasteiger partial charge < -0.3 is 20.2 Å². The van der Waals surface area contributed by atoms with Gasteiger partial charge in [0.2, 0.25) is 5.91 Å². The van der Waals surface area contributed by atoms with Crippen LogP contribution >= 0.6 is 0 Å². The predicted octanol–water partition coefficient (Wildman–Crippen LogP) is 2.22. The highest BCUT2D eigenvalue weighted by Gasteiger charge is 2.14. The second kappa shape index (κ2) is 10.1. The molecule has 2 rings (SSSR count). The molecule has 138 valence electrons. The molecule has 26 heavy (non-hydrogen) atoms. The van der Waals surface area contributed by atoms with Crippen LogP contribution in [0.25, 0.3) is 0 Å². The summed E-state index contributed by atoms with van der Waals surface area (Å²) in [4.78, 5) is 26.9. The number of carboxylic acids is 1. The van der Waals surface area contributed by atoms with Gasteiger partial charge in [-0.05, 0) is 30.7 Å². The van der Waals surface area contributed by atoms with E-state index in [1.54, 1.807) is 17.0 Å². The fraction of sp³-hybridized carbons (Fsp3) is 0.300. The van der Waals surface area contributed by atoms with Crippen LogP contribution < -0.4 is 15.1 Å². The average molecular weight is 355 g/mol. The van der Waals surface area contributed by atoms with E-state index in [2.05, 4.69) is 10.2 Å². The van der Waals surface area contributed by atoms with Crippen molar-refractivity contribution < 1.29 is 14.7 Å². The molecule has 0 spiro atoms. The zero-order valence-corrected chi connectivity index (χ0v) is 15.0. The number of benzene rings is 2. The minimum atomic E-state index is -0.967. The Labute approximate surface area is 154 Å². The molecule has 6 nitrogen and oxygen atoms in total. The van der Waals surface area contributed by atoms with Gasteiger partial charge in [0, 0.05) is 31.5 Å². The number of hydrogen-bond acceptors (Lipinski definition) is 4. The van der Waals surface area contributed by atoms with E-state index in [9.17, 15) is 9.59 Å². The number of carbonyl (C=O) groups excluding carboxylic acids is 1. The maximum atomic E-state index is 12.2. The van der Waals surface area contributed by atoms with Crippen molar-refractivity contribution in [1.29, 1.82) is 0 Å². The first-order valence-corrected chi connectivity index (χ1v) is 8.61. The van der Waals surface area contributed by atoms with Gasteiger partial charge in [0.05, 0.1) is 6.54 Å². The van der Waals surface area contributed by atoms with Crippen LogP contribution in [0.15, 0.2) is 60.7 Å². The number of anilines is 2. The third-order valence-electron chi connectivity index (χ3n) is 3.97. The highest BCUT2D eigenvalue weighted by atomic mass is 16.4. The fourth-order valence-corrected chi connectivity index (χ4v) is 2.63. The summed E-state index contributed by atoms with van der Waals surface area (Å²) in [5.41, 5.74) is 1.85. The van der Waals surface area contributed by atoms with E-state index >= 15 is 0 Å². The molecule has 0 aromatic heterocycles. The number of para-hydroxylation sites is 2. The molecule has 0 unspecified atom stereocenters. The van der Waals surface area contributed by atoms with Gasteiger partial charge in [-0.2, -0.15) is 0 Å². The van der Waals surface area contributed by atoms with Crippen LogP contribution in [0.2, 0.25) is 0 Å². The minimum absolute atomic E-state index is 0.0187. The second-order valence-electron chi connectivity index (χ2n) is 6.05. The van der Waals surface area contributed by atoms with Crippen LogP contribution in [-0.2, 0) is 9.59 Å². The molecule has 2 aromatic rings. The van der Waals surface area contributed by atoms with Crippen molar-refractivity contribution in [2.75, 3.05) is 43.0 Å². The van der Waals surface area contributed by atoms with Crippen LogP contribution in [0.3, 0.4) is 0 Å². The number of carbonyl (C=O) groups is 2. The van der Waals surface area contributed by atoms with Gasteiger partial charge in [-0.1, -0.05) is 36.4 Å². The van der Waals surface area contributed by atoms with Crippen LogP contribution in [0.1, 0.15) is 6.42 Å². The topological polar surface area (TPSA) is 72.9 Å². The molecule has 0 fully saturated rings. The van der Waals surface area contributed by atoms with Crippen molar-refractivity contribution in [2.24, 2.45) is 0 Å². The van der Waals surface area contributed by atoms with Gasteiger partial charge in [0.1, 0.15) is 6.54 Å². The fourth-order valence-electron chi connectivity index (χ4n) is 2.63. The Morgan fingerprint density at radius 2 is 1.50 bits per heavy atom. The van der Waals surface area contributed by atoms with E-state index < -0.39 is 5.97 Å². The summed E-state index contributed by atoms with van der Waals surface area (Å²) in [6, 6.07) is 19.1. The SMILES string of the molecule is CN(CCCNC(=O)CN(CC(=O)O)c1ccccc1)c1ccccc1.